The van der Waals surface area contributed by atoms with Gasteiger partial charge in [0.2, 0.25) is 0 Å². The number of aliphatic carboxylic acids is 1. The summed E-state index contributed by atoms with van der Waals surface area (Å²) in [6, 6.07) is 5.73. The number of carboxylic acids is 1. The summed E-state index contributed by atoms with van der Waals surface area (Å²) in [5.74, 6) is -0.648. The molecule has 1 aliphatic rings. The Balaban J connectivity index is 2.09. The third-order valence-corrected chi connectivity index (χ3v) is 4.79. The molecule has 2 rings (SSSR count). The molecule has 146 valence electrons. The molecule has 1 saturated heterocycles. The second-order valence-electron chi connectivity index (χ2n) is 6.46. The van der Waals surface area contributed by atoms with Crippen molar-refractivity contribution in [2.24, 2.45) is 4.99 Å². The van der Waals surface area contributed by atoms with Crippen LogP contribution >= 0.6 is 0 Å². The summed E-state index contributed by atoms with van der Waals surface area (Å²) in [5, 5.41) is 9.12. The number of rotatable bonds is 4. The molecule has 1 aliphatic heterocycles. The van der Waals surface area contributed by atoms with Crippen molar-refractivity contribution in [3.05, 3.63) is 59.3 Å². The number of alkyl halides is 3. The van der Waals surface area contributed by atoms with Gasteiger partial charge >= 0.3 is 12.1 Å². The maximum absolute atomic E-state index is 13.2. The van der Waals surface area contributed by atoms with Crippen molar-refractivity contribution in [3.63, 3.8) is 0 Å². The number of hydrogen-bond acceptors (Lipinski definition) is 2. The average Bonchev–Trinajstić information content (AvgIpc) is 2.61. The molecule has 0 spiro atoms. The Kier molecular flexibility index (Phi) is 6.46. The molecular formula is C20H23F3N2O2. The van der Waals surface area contributed by atoms with Gasteiger partial charge in [-0.1, -0.05) is 30.9 Å². The second-order valence-corrected chi connectivity index (χ2v) is 6.46. The zero-order chi connectivity index (χ0) is 20.2. The summed E-state index contributed by atoms with van der Waals surface area (Å²) in [6.07, 6.45) is -1.78. The molecule has 27 heavy (non-hydrogen) atoms. The molecule has 4 nitrogen and oxygen atoms in total. The number of carboxylic acid groups (broad SMARTS) is 1. The molecule has 0 atom stereocenters. The molecule has 1 N–H and O–H groups in total. The van der Waals surface area contributed by atoms with Crippen LogP contribution in [0.4, 0.5) is 13.2 Å². The van der Waals surface area contributed by atoms with E-state index in [0.717, 1.165) is 6.07 Å². The number of nitrogens with zero attached hydrogens (tertiary/aromatic N) is 2. The van der Waals surface area contributed by atoms with Crippen molar-refractivity contribution in [2.45, 2.75) is 38.8 Å². The predicted molar refractivity (Wildman–Crippen MR) is 98.6 cm³/mol. The lowest BCUT2D eigenvalue weighted by atomic mass is 9.86. The van der Waals surface area contributed by atoms with Crippen LogP contribution in [0.15, 0.2) is 53.2 Å². The number of piperidine rings is 1. The molecule has 0 unspecified atom stereocenters. The van der Waals surface area contributed by atoms with Crippen LogP contribution in [0.3, 0.4) is 0 Å². The van der Waals surface area contributed by atoms with E-state index in [-0.39, 0.29) is 17.2 Å². The van der Waals surface area contributed by atoms with Crippen LogP contribution in [0.1, 0.15) is 43.7 Å². The summed E-state index contributed by atoms with van der Waals surface area (Å²) in [6.45, 7) is 8.16. The summed E-state index contributed by atoms with van der Waals surface area (Å²) in [5.41, 5.74) is -0.0393. The third kappa shape index (κ3) is 4.99. The van der Waals surface area contributed by atoms with Gasteiger partial charge in [-0.3, -0.25) is 0 Å². The van der Waals surface area contributed by atoms with Gasteiger partial charge in [0.05, 0.1) is 16.8 Å². The van der Waals surface area contributed by atoms with Crippen molar-refractivity contribution in [3.8, 4) is 0 Å². The van der Waals surface area contributed by atoms with Crippen molar-refractivity contribution in [2.75, 3.05) is 13.1 Å². The smallest absolute Gasteiger partial charge is 0.416 e. The van der Waals surface area contributed by atoms with Gasteiger partial charge < -0.3 is 10.0 Å². The van der Waals surface area contributed by atoms with E-state index >= 15 is 0 Å². The van der Waals surface area contributed by atoms with Gasteiger partial charge in [0.15, 0.2) is 0 Å². The molecule has 1 aromatic rings. The maximum Gasteiger partial charge on any atom is 0.416 e. The van der Waals surface area contributed by atoms with Crippen LogP contribution in [-0.4, -0.2) is 34.9 Å². The van der Waals surface area contributed by atoms with Gasteiger partial charge in [-0.25, -0.2) is 9.79 Å². The van der Waals surface area contributed by atoms with Crippen molar-refractivity contribution in [1.82, 2.24) is 4.90 Å². The Morgan fingerprint density at radius 2 is 1.89 bits per heavy atom. The van der Waals surface area contributed by atoms with Crippen molar-refractivity contribution in [1.29, 1.82) is 0 Å². The fraction of sp³-hybridized carbons (Fsp3) is 0.400. The first-order valence-corrected chi connectivity index (χ1v) is 8.70. The molecular weight excluding hydrogens is 357 g/mol. The first-order valence-electron chi connectivity index (χ1n) is 8.70. The van der Waals surface area contributed by atoms with E-state index in [9.17, 15) is 18.0 Å². The van der Waals surface area contributed by atoms with E-state index in [1.807, 2.05) is 4.90 Å². The van der Waals surface area contributed by atoms with Gasteiger partial charge in [-0.05, 0) is 44.2 Å². The molecule has 0 amide bonds. The molecule has 0 aromatic heterocycles. The predicted octanol–water partition coefficient (Wildman–Crippen LogP) is 4.85. The molecule has 0 radical (unpaired) electrons. The molecule has 1 fully saturated rings. The van der Waals surface area contributed by atoms with E-state index in [1.165, 1.54) is 12.1 Å². The zero-order valence-electron chi connectivity index (χ0n) is 15.4. The average molecular weight is 380 g/mol. The Hall–Kier alpha value is -2.57. The number of hydrogen-bond donors (Lipinski definition) is 1. The maximum atomic E-state index is 13.2. The highest BCUT2D eigenvalue weighted by molar-refractivity contribution is 5.93. The van der Waals surface area contributed by atoms with Gasteiger partial charge in [0.1, 0.15) is 5.84 Å². The van der Waals surface area contributed by atoms with Crippen LogP contribution < -0.4 is 0 Å². The SMILES string of the molecule is C=C(N=C(C)N1CCC(c2ccccc2C(F)(F)F)CC1)/C(=C\C)C(=O)O. The Labute approximate surface area is 156 Å². The number of carbonyl (C=O) groups is 1. The van der Waals surface area contributed by atoms with Gasteiger partial charge in [0.25, 0.3) is 0 Å². The van der Waals surface area contributed by atoms with E-state index in [1.54, 1.807) is 26.0 Å². The quantitative estimate of drug-likeness (QED) is 0.352. The van der Waals surface area contributed by atoms with Gasteiger partial charge in [0, 0.05) is 13.1 Å². The Morgan fingerprint density at radius 3 is 2.41 bits per heavy atom. The molecule has 7 heteroatoms. The summed E-state index contributed by atoms with van der Waals surface area (Å²) < 4.78 is 39.7. The molecule has 0 aliphatic carbocycles. The lowest BCUT2D eigenvalue weighted by Crippen LogP contribution is -2.37. The number of amidine groups is 1. The highest BCUT2D eigenvalue weighted by atomic mass is 19.4. The Bertz CT molecular complexity index is 774. The second kappa shape index (κ2) is 8.41. The summed E-state index contributed by atoms with van der Waals surface area (Å²) >= 11 is 0. The standard InChI is InChI=1S/C20H23F3N2O2/c1-4-16(19(26)27)13(2)24-14(3)25-11-9-15(10-12-25)17-7-5-6-8-18(17)20(21,22)23/h4-8,15H,2,9-12H2,1,3H3,(H,26,27)/b16-4+,24-14?. The minimum absolute atomic E-state index is 0.0309. The Morgan fingerprint density at radius 1 is 1.30 bits per heavy atom. The van der Waals surface area contributed by atoms with Gasteiger partial charge in [-0.2, -0.15) is 13.2 Å². The topological polar surface area (TPSA) is 52.9 Å². The van der Waals surface area contributed by atoms with E-state index in [0.29, 0.717) is 37.3 Å². The number of benzene rings is 1. The van der Waals surface area contributed by atoms with Crippen LogP contribution in [0.5, 0.6) is 0 Å². The minimum Gasteiger partial charge on any atom is -0.478 e. The normalized spacial score (nSPS) is 17.1. The van der Waals surface area contributed by atoms with Gasteiger partial charge in [-0.15, -0.1) is 0 Å². The monoisotopic (exact) mass is 380 g/mol. The minimum atomic E-state index is -4.36. The largest absolute Gasteiger partial charge is 0.478 e. The fourth-order valence-corrected chi connectivity index (χ4v) is 3.37. The molecule has 0 bridgehead atoms. The van der Waals surface area contributed by atoms with E-state index < -0.39 is 17.7 Å². The number of aliphatic imine (C=N–C) groups is 1. The van der Waals surface area contributed by atoms with E-state index in [4.69, 9.17) is 5.11 Å². The molecule has 1 heterocycles. The van der Waals surface area contributed by atoms with Crippen molar-refractivity contribution < 1.29 is 23.1 Å². The lowest BCUT2D eigenvalue weighted by Gasteiger charge is -2.34. The fourth-order valence-electron chi connectivity index (χ4n) is 3.37. The number of halogens is 3. The van der Waals surface area contributed by atoms with Crippen LogP contribution in [0, 0.1) is 0 Å². The van der Waals surface area contributed by atoms with E-state index in [2.05, 4.69) is 11.6 Å². The highest BCUT2D eigenvalue weighted by Crippen LogP contribution is 2.38. The van der Waals surface area contributed by atoms with Crippen molar-refractivity contribution >= 4 is 11.8 Å². The summed E-state index contributed by atoms with van der Waals surface area (Å²) in [7, 11) is 0. The van der Waals surface area contributed by atoms with Crippen LogP contribution in [0.2, 0.25) is 0 Å². The lowest BCUT2D eigenvalue weighted by molar-refractivity contribution is -0.138. The third-order valence-electron chi connectivity index (χ3n) is 4.79. The molecule has 1 aromatic carbocycles. The first kappa shape index (κ1) is 20.7. The van der Waals surface area contributed by atoms with Crippen LogP contribution in [-0.2, 0) is 11.0 Å². The number of allylic oxidation sites excluding steroid dienone is 1. The van der Waals surface area contributed by atoms with Crippen LogP contribution in [0.25, 0.3) is 0 Å². The molecule has 0 saturated carbocycles. The highest BCUT2D eigenvalue weighted by Gasteiger charge is 2.35. The zero-order valence-corrected chi connectivity index (χ0v) is 15.4. The summed E-state index contributed by atoms with van der Waals surface area (Å²) in [4.78, 5) is 17.4. The number of likely N-dealkylation sites (tertiary alicyclic amines) is 1. The first-order chi connectivity index (χ1) is 12.6.